The average Bonchev–Trinajstić information content (AvgIpc) is 2.76. The largest absolute Gasteiger partial charge is 0.416 e. The minimum atomic E-state index is -4.36. The van der Waals surface area contributed by atoms with E-state index in [-0.39, 0.29) is 0 Å². The fourth-order valence-corrected chi connectivity index (χ4v) is 1.38. The van der Waals surface area contributed by atoms with Gasteiger partial charge in [-0.3, -0.25) is 0 Å². The van der Waals surface area contributed by atoms with E-state index in [2.05, 4.69) is 10.5 Å². The number of hydrogen-bond acceptors (Lipinski definition) is 3. The monoisotopic (exact) mass is 242 g/mol. The van der Waals surface area contributed by atoms with E-state index in [1.54, 1.807) is 13.1 Å². The van der Waals surface area contributed by atoms with Gasteiger partial charge in [0, 0.05) is 18.7 Å². The number of nitrogens with one attached hydrogen (secondary N) is 1. The standard InChI is InChI=1S/C11H9F3N2O/c1-15-10-6-9(16-17-10)7-3-2-4-8(5-7)11(12,13)14/h2-6,15H,1H3. The zero-order valence-electron chi connectivity index (χ0n) is 8.88. The number of nitrogens with zero attached hydrogens (tertiary/aromatic N) is 1. The van der Waals surface area contributed by atoms with Crippen molar-refractivity contribution in [2.75, 3.05) is 12.4 Å². The van der Waals surface area contributed by atoms with Gasteiger partial charge in [-0.25, -0.2) is 0 Å². The van der Waals surface area contributed by atoms with Crippen molar-refractivity contribution in [2.45, 2.75) is 6.18 Å². The van der Waals surface area contributed by atoms with Gasteiger partial charge >= 0.3 is 6.18 Å². The van der Waals surface area contributed by atoms with E-state index < -0.39 is 11.7 Å². The van der Waals surface area contributed by atoms with Crippen LogP contribution in [0.3, 0.4) is 0 Å². The highest BCUT2D eigenvalue weighted by Crippen LogP contribution is 2.32. The second kappa shape index (κ2) is 4.12. The molecule has 17 heavy (non-hydrogen) atoms. The maximum Gasteiger partial charge on any atom is 0.416 e. The van der Waals surface area contributed by atoms with E-state index in [0.29, 0.717) is 17.1 Å². The van der Waals surface area contributed by atoms with Crippen LogP contribution in [0.15, 0.2) is 34.9 Å². The number of anilines is 1. The summed E-state index contributed by atoms with van der Waals surface area (Å²) in [5.74, 6) is 0.400. The van der Waals surface area contributed by atoms with Crippen LogP contribution in [-0.4, -0.2) is 12.2 Å². The molecule has 1 N–H and O–H groups in total. The van der Waals surface area contributed by atoms with Gasteiger partial charge in [-0.2, -0.15) is 13.2 Å². The fraction of sp³-hybridized carbons (Fsp3) is 0.182. The van der Waals surface area contributed by atoms with E-state index in [0.717, 1.165) is 12.1 Å². The molecule has 1 aromatic heterocycles. The molecule has 0 aliphatic heterocycles. The van der Waals surface area contributed by atoms with Crippen molar-refractivity contribution in [3.8, 4) is 11.3 Å². The Morgan fingerprint density at radius 3 is 2.59 bits per heavy atom. The molecule has 0 aliphatic carbocycles. The normalized spacial score (nSPS) is 11.5. The Bertz CT molecular complexity index is 519. The number of benzene rings is 1. The van der Waals surface area contributed by atoms with Crippen LogP contribution in [-0.2, 0) is 6.18 Å². The molecule has 1 heterocycles. The lowest BCUT2D eigenvalue weighted by atomic mass is 10.1. The van der Waals surface area contributed by atoms with Crippen molar-refractivity contribution >= 4 is 5.88 Å². The Kier molecular flexibility index (Phi) is 2.79. The van der Waals surface area contributed by atoms with Gasteiger partial charge < -0.3 is 9.84 Å². The first-order valence-electron chi connectivity index (χ1n) is 4.83. The van der Waals surface area contributed by atoms with Gasteiger partial charge in [0.1, 0.15) is 5.69 Å². The summed E-state index contributed by atoms with van der Waals surface area (Å²) in [6.07, 6.45) is -4.36. The van der Waals surface area contributed by atoms with Crippen molar-refractivity contribution < 1.29 is 17.7 Å². The van der Waals surface area contributed by atoms with Crippen molar-refractivity contribution in [2.24, 2.45) is 0 Å². The van der Waals surface area contributed by atoms with E-state index in [9.17, 15) is 13.2 Å². The third-order valence-corrected chi connectivity index (χ3v) is 2.24. The van der Waals surface area contributed by atoms with E-state index in [1.807, 2.05) is 0 Å². The first kappa shape index (κ1) is 11.5. The van der Waals surface area contributed by atoms with Crippen molar-refractivity contribution in [1.29, 1.82) is 0 Å². The summed E-state index contributed by atoms with van der Waals surface area (Å²) in [6, 6.07) is 6.48. The molecule has 2 rings (SSSR count). The fourth-order valence-electron chi connectivity index (χ4n) is 1.38. The number of aromatic nitrogens is 1. The van der Waals surface area contributed by atoms with Gasteiger partial charge in [0.2, 0.25) is 5.88 Å². The summed E-state index contributed by atoms with van der Waals surface area (Å²) in [7, 11) is 1.64. The molecule has 0 aliphatic rings. The lowest BCUT2D eigenvalue weighted by Gasteiger charge is -2.06. The molecule has 0 atom stereocenters. The SMILES string of the molecule is CNc1cc(-c2cccc(C(F)(F)F)c2)no1. The lowest BCUT2D eigenvalue weighted by Crippen LogP contribution is -2.04. The third kappa shape index (κ3) is 2.41. The highest BCUT2D eigenvalue weighted by atomic mass is 19.4. The van der Waals surface area contributed by atoms with Crippen LogP contribution < -0.4 is 5.32 Å². The zero-order chi connectivity index (χ0) is 12.5. The van der Waals surface area contributed by atoms with Gasteiger partial charge in [0.05, 0.1) is 5.56 Å². The average molecular weight is 242 g/mol. The number of halogens is 3. The molecule has 0 radical (unpaired) electrons. The second-order valence-corrected chi connectivity index (χ2v) is 3.40. The highest BCUT2D eigenvalue weighted by molar-refractivity contribution is 5.62. The van der Waals surface area contributed by atoms with Gasteiger partial charge in [-0.05, 0) is 12.1 Å². The molecule has 2 aromatic rings. The van der Waals surface area contributed by atoms with Crippen LogP contribution in [0.2, 0.25) is 0 Å². The predicted molar refractivity (Wildman–Crippen MR) is 56.5 cm³/mol. The molecule has 3 nitrogen and oxygen atoms in total. The molecule has 6 heteroatoms. The minimum absolute atomic E-state index is 0.362. The van der Waals surface area contributed by atoms with Crippen molar-refractivity contribution in [3.63, 3.8) is 0 Å². The molecule has 90 valence electrons. The Morgan fingerprint density at radius 2 is 2.00 bits per heavy atom. The third-order valence-electron chi connectivity index (χ3n) is 2.24. The topological polar surface area (TPSA) is 38.1 Å². The first-order chi connectivity index (χ1) is 8.00. The highest BCUT2D eigenvalue weighted by Gasteiger charge is 2.30. The van der Waals surface area contributed by atoms with E-state index in [4.69, 9.17) is 4.52 Å². The molecule has 1 aromatic carbocycles. The molecular weight excluding hydrogens is 233 g/mol. The number of rotatable bonds is 2. The predicted octanol–water partition coefficient (Wildman–Crippen LogP) is 3.40. The van der Waals surface area contributed by atoms with Crippen LogP contribution in [0.1, 0.15) is 5.56 Å². The van der Waals surface area contributed by atoms with Crippen LogP contribution in [0, 0.1) is 0 Å². The minimum Gasteiger partial charge on any atom is -0.357 e. The maximum atomic E-state index is 12.5. The van der Waals surface area contributed by atoms with Crippen molar-refractivity contribution in [1.82, 2.24) is 5.16 Å². The maximum absolute atomic E-state index is 12.5. The Balaban J connectivity index is 2.39. The Morgan fingerprint density at radius 1 is 1.24 bits per heavy atom. The Hall–Kier alpha value is -1.98. The van der Waals surface area contributed by atoms with Crippen molar-refractivity contribution in [3.05, 3.63) is 35.9 Å². The van der Waals surface area contributed by atoms with Gasteiger partial charge in [0.15, 0.2) is 0 Å². The summed E-state index contributed by atoms with van der Waals surface area (Å²) in [4.78, 5) is 0. The summed E-state index contributed by atoms with van der Waals surface area (Å²) in [6.45, 7) is 0. The number of hydrogen-bond donors (Lipinski definition) is 1. The Labute approximate surface area is 95.2 Å². The van der Waals surface area contributed by atoms with Crippen LogP contribution in [0.4, 0.5) is 19.1 Å². The number of alkyl halides is 3. The van der Waals surface area contributed by atoms with Gasteiger partial charge in [-0.15, -0.1) is 0 Å². The molecular formula is C11H9F3N2O. The first-order valence-corrected chi connectivity index (χ1v) is 4.83. The summed E-state index contributed by atoms with van der Waals surface area (Å²) >= 11 is 0. The summed E-state index contributed by atoms with van der Waals surface area (Å²) in [5.41, 5.74) is 0.0227. The van der Waals surface area contributed by atoms with Crippen LogP contribution >= 0.6 is 0 Å². The lowest BCUT2D eigenvalue weighted by molar-refractivity contribution is -0.137. The molecule has 0 spiro atoms. The summed E-state index contributed by atoms with van der Waals surface area (Å²) < 4.78 is 42.3. The second-order valence-electron chi connectivity index (χ2n) is 3.40. The van der Waals surface area contributed by atoms with E-state index >= 15 is 0 Å². The van der Waals surface area contributed by atoms with Crippen LogP contribution in [0.25, 0.3) is 11.3 Å². The van der Waals surface area contributed by atoms with Gasteiger partial charge in [-0.1, -0.05) is 17.3 Å². The molecule has 0 saturated carbocycles. The zero-order valence-corrected chi connectivity index (χ0v) is 8.88. The molecule has 0 fully saturated rings. The molecule has 0 amide bonds. The quantitative estimate of drug-likeness (QED) is 0.877. The van der Waals surface area contributed by atoms with Crippen LogP contribution in [0.5, 0.6) is 0 Å². The smallest absolute Gasteiger partial charge is 0.357 e. The summed E-state index contributed by atoms with van der Waals surface area (Å²) in [5, 5.41) is 6.39. The molecule has 0 saturated heterocycles. The molecule has 0 unspecified atom stereocenters. The van der Waals surface area contributed by atoms with Gasteiger partial charge in [0.25, 0.3) is 0 Å². The van der Waals surface area contributed by atoms with E-state index in [1.165, 1.54) is 12.1 Å². The molecule has 0 bridgehead atoms.